The van der Waals surface area contributed by atoms with Gasteiger partial charge in [-0.2, -0.15) is 0 Å². The minimum Gasteiger partial charge on any atom is -0.491 e. The first-order valence-corrected chi connectivity index (χ1v) is 6.63. The minimum absolute atomic E-state index is 0.0529. The second kappa shape index (κ2) is 5.06. The van der Waals surface area contributed by atoms with Gasteiger partial charge in [0.2, 0.25) is 0 Å². The van der Waals surface area contributed by atoms with Gasteiger partial charge >= 0.3 is 0 Å². The molecule has 0 N–H and O–H groups in total. The highest BCUT2D eigenvalue weighted by molar-refractivity contribution is 5.31. The zero-order valence-corrected chi connectivity index (χ0v) is 11.1. The Morgan fingerprint density at radius 1 is 1.00 bits per heavy atom. The van der Waals surface area contributed by atoms with Crippen LogP contribution in [0, 0.1) is 0 Å². The highest BCUT2D eigenvalue weighted by atomic mass is 16.6. The van der Waals surface area contributed by atoms with Crippen LogP contribution in [0.1, 0.15) is 18.1 Å². The van der Waals surface area contributed by atoms with E-state index in [0.29, 0.717) is 6.61 Å². The molecule has 1 saturated heterocycles. The van der Waals surface area contributed by atoms with Crippen LogP contribution in [0.15, 0.2) is 54.6 Å². The predicted octanol–water partition coefficient (Wildman–Crippen LogP) is 3.45. The molecule has 1 unspecified atom stereocenters. The van der Waals surface area contributed by atoms with Gasteiger partial charge in [-0.15, -0.1) is 0 Å². The molecule has 0 saturated carbocycles. The fourth-order valence-corrected chi connectivity index (χ4v) is 1.98. The average molecular weight is 254 g/mol. The average Bonchev–Trinajstić information content (AvgIpc) is 3.18. The van der Waals surface area contributed by atoms with Crippen molar-refractivity contribution in [2.45, 2.75) is 18.9 Å². The van der Waals surface area contributed by atoms with Gasteiger partial charge in [0.25, 0.3) is 0 Å². The molecule has 98 valence electrons. The summed E-state index contributed by atoms with van der Waals surface area (Å²) in [6, 6.07) is 18.8. The molecule has 0 amide bonds. The Hall–Kier alpha value is -1.80. The van der Waals surface area contributed by atoms with Crippen molar-refractivity contribution >= 4 is 0 Å². The number of rotatable bonds is 5. The summed E-state index contributed by atoms with van der Waals surface area (Å²) in [4.78, 5) is 0. The highest BCUT2D eigenvalue weighted by Crippen LogP contribution is 2.27. The molecule has 1 atom stereocenters. The lowest BCUT2D eigenvalue weighted by molar-refractivity contribution is 0.202. The van der Waals surface area contributed by atoms with Crippen molar-refractivity contribution in [2.24, 2.45) is 0 Å². The van der Waals surface area contributed by atoms with E-state index in [1.165, 1.54) is 11.1 Å². The summed E-state index contributed by atoms with van der Waals surface area (Å²) in [7, 11) is 0. The van der Waals surface area contributed by atoms with Crippen LogP contribution in [0.25, 0.3) is 0 Å². The minimum atomic E-state index is -0.0529. The Balaban J connectivity index is 1.59. The Kier molecular flexibility index (Phi) is 3.26. The van der Waals surface area contributed by atoms with Crippen LogP contribution in [-0.4, -0.2) is 18.8 Å². The lowest BCUT2D eigenvalue weighted by atomic mass is 10.1. The Morgan fingerprint density at radius 2 is 1.63 bits per heavy atom. The van der Waals surface area contributed by atoms with Gasteiger partial charge in [-0.1, -0.05) is 42.5 Å². The largest absolute Gasteiger partial charge is 0.491 e. The molecule has 19 heavy (non-hydrogen) atoms. The Labute approximate surface area is 114 Å². The van der Waals surface area contributed by atoms with E-state index in [-0.39, 0.29) is 5.60 Å². The lowest BCUT2D eigenvalue weighted by Gasteiger charge is -2.09. The van der Waals surface area contributed by atoms with Crippen LogP contribution in [0.5, 0.6) is 5.75 Å². The van der Waals surface area contributed by atoms with E-state index >= 15 is 0 Å². The van der Waals surface area contributed by atoms with Crippen molar-refractivity contribution in [3.8, 4) is 5.75 Å². The highest BCUT2D eigenvalue weighted by Gasteiger charge is 2.40. The maximum atomic E-state index is 5.71. The smallest absolute Gasteiger partial charge is 0.123 e. The normalized spacial score (nSPS) is 21.1. The SMILES string of the molecule is CC1(COc2ccc(Cc3ccccc3)cc2)CO1. The Morgan fingerprint density at radius 3 is 2.26 bits per heavy atom. The van der Waals surface area contributed by atoms with Crippen molar-refractivity contribution in [2.75, 3.05) is 13.2 Å². The molecule has 1 fully saturated rings. The van der Waals surface area contributed by atoms with Gasteiger partial charge in [0.05, 0.1) is 6.61 Å². The summed E-state index contributed by atoms with van der Waals surface area (Å²) in [5.41, 5.74) is 2.57. The van der Waals surface area contributed by atoms with Gasteiger partial charge in [-0.05, 0) is 36.6 Å². The molecule has 2 heteroatoms. The summed E-state index contributed by atoms with van der Waals surface area (Å²) in [6.07, 6.45) is 0.960. The first-order chi connectivity index (χ1) is 9.23. The molecular formula is C17H18O2. The van der Waals surface area contributed by atoms with Crippen molar-refractivity contribution < 1.29 is 9.47 Å². The molecule has 2 aromatic rings. The van der Waals surface area contributed by atoms with Crippen molar-refractivity contribution in [1.29, 1.82) is 0 Å². The number of ether oxygens (including phenoxy) is 2. The summed E-state index contributed by atoms with van der Waals surface area (Å²) in [5.74, 6) is 0.911. The first kappa shape index (κ1) is 12.2. The third kappa shape index (κ3) is 3.36. The predicted molar refractivity (Wildman–Crippen MR) is 75.5 cm³/mol. The topological polar surface area (TPSA) is 21.8 Å². The van der Waals surface area contributed by atoms with Gasteiger partial charge in [-0.25, -0.2) is 0 Å². The fourth-order valence-electron chi connectivity index (χ4n) is 1.98. The van der Waals surface area contributed by atoms with E-state index in [1.807, 2.05) is 18.2 Å². The summed E-state index contributed by atoms with van der Waals surface area (Å²) >= 11 is 0. The monoisotopic (exact) mass is 254 g/mol. The Bertz CT molecular complexity index is 527. The molecule has 0 bridgehead atoms. The van der Waals surface area contributed by atoms with Gasteiger partial charge < -0.3 is 9.47 Å². The summed E-state index contributed by atoms with van der Waals surface area (Å²) in [6.45, 7) is 3.50. The molecule has 0 aromatic heterocycles. The zero-order valence-electron chi connectivity index (χ0n) is 11.1. The summed E-state index contributed by atoms with van der Waals surface area (Å²) < 4.78 is 11.0. The number of hydrogen-bond acceptors (Lipinski definition) is 2. The van der Waals surface area contributed by atoms with E-state index in [4.69, 9.17) is 9.47 Å². The second-order valence-electron chi connectivity index (χ2n) is 5.33. The first-order valence-electron chi connectivity index (χ1n) is 6.63. The maximum absolute atomic E-state index is 5.71. The van der Waals surface area contributed by atoms with Crippen LogP contribution in [0.3, 0.4) is 0 Å². The quantitative estimate of drug-likeness (QED) is 0.762. The van der Waals surface area contributed by atoms with Crippen molar-refractivity contribution in [3.63, 3.8) is 0 Å². The van der Waals surface area contributed by atoms with Crippen molar-refractivity contribution in [1.82, 2.24) is 0 Å². The summed E-state index contributed by atoms with van der Waals surface area (Å²) in [5, 5.41) is 0. The molecule has 0 aliphatic carbocycles. The molecule has 0 radical (unpaired) electrons. The lowest BCUT2D eigenvalue weighted by Crippen LogP contribution is -2.16. The van der Waals surface area contributed by atoms with Gasteiger partial charge in [0.15, 0.2) is 0 Å². The van der Waals surface area contributed by atoms with E-state index in [9.17, 15) is 0 Å². The standard InChI is InChI=1S/C17H18O2/c1-17(13-19-17)12-18-16-9-7-15(8-10-16)11-14-5-3-2-4-6-14/h2-10H,11-13H2,1H3. The second-order valence-corrected chi connectivity index (χ2v) is 5.33. The molecule has 1 heterocycles. The van der Waals surface area contributed by atoms with E-state index < -0.39 is 0 Å². The number of benzene rings is 2. The van der Waals surface area contributed by atoms with Crippen LogP contribution >= 0.6 is 0 Å². The number of hydrogen-bond donors (Lipinski definition) is 0. The van der Waals surface area contributed by atoms with Crippen LogP contribution in [-0.2, 0) is 11.2 Å². The molecule has 3 rings (SSSR count). The molecular weight excluding hydrogens is 236 g/mol. The molecule has 1 aliphatic rings. The van der Waals surface area contributed by atoms with Gasteiger partial charge in [-0.3, -0.25) is 0 Å². The van der Waals surface area contributed by atoms with Crippen molar-refractivity contribution in [3.05, 3.63) is 65.7 Å². The molecule has 2 nitrogen and oxygen atoms in total. The third-order valence-corrected chi connectivity index (χ3v) is 3.36. The molecule has 1 aliphatic heterocycles. The van der Waals surface area contributed by atoms with Crippen LogP contribution < -0.4 is 4.74 Å². The van der Waals surface area contributed by atoms with E-state index in [0.717, 1.165) is 18.8 Å². The number of epoxide rings is 1. The van der Waals surface area contributed by atoms with Crippen LogP contribution in [0.4, 0.5) is 0 Å². The third-order valence-electron chi connectivity index (χ3n) is 3.36. The van der Waals surface area contributed by atoms with Gasteiger partial charge in [0, 0.05) is 0 Å². The van der Waals surface area contributed by atoms with Crippen LogP contribution in [0.2, 0.25) is 0 Å². The maximum Gasteiger partial charge on any atom is 0.123 e. The van der Waals surface area contributed by atoms with E-state index in [1.54, 1.807) is 0 Å². The molecule has 2 aromatic carbocycles. The van der Waals surface area contributed by atoms with E-state index in [2.05, 4.69) is 43.3 Å². The molecule has 0 spiro atoms. The fraction of sp³-hybridized carbons (Fsp3) is 0.294. The van der Waals surface area contributed by atoms with Gasteiger partial charge in [0.1, 0.15) is 18.0 Å². The zero-order chi connectivity index (χ0) is 13.1.